The number of ether oxygens (including phenoxy) is 1. The summed E-state index contributed by atoms with van der Waals surface area (Å²) in [6.45, 7) is 4.49. The van der Waals surface area contributed by atoms with E-state index >= 15 is 0 Å². The molecule has 122 valence electrons. The fourth-order valence-corrected chi connectivity index (χ4v) is 2.19. The van der Waals surface area contributed by atoms with Crippen LogP contribution in [0, 0.1) is 6.92 Å². The minimum absolute atomic E-state index is 0. The first-order valence-electron chi connectivity index (χ1n) is 7.04. The Morgan fingerprint density at radius 3 is 2.59 bits per heavy atom. The summed E-state index contributed by atoms with van der Waals surface area (Å²) in [5.74, 6) is -0.154. The average molecular weight is 328 g/mol. The van der Waals surface area contributed by atoms with E-state index in [-0.39, 0.29) is 30.8 Å². The van der Waals surface area contributed by atoms with Gasteiger partial charge in [-0.15, -0.1) is 12.4 Å². The molecule has 0 bridgehead atoms. The highest BCUT2D eigenvalue weighted by molar-refractivity contribution is 5.98. The van der Waals surface area contributed by atoms with E-state index in [1.165, 1.54) is 0 Å². The van der Waals surface area contributed by atoms with Gasteiger partial charge >= 0.3 is 0 Å². The number of nitrogens with one attached hydrogen (secondary N) is 2. The Morgan fingerprint density at radius 2 is 1.95 bits per heavy atom. The molecule has 2 amide bonds. The van der Waals surface area contributed by atoms with Crippen molar-refractivity contribution in [3.05, 3.63) is 29.3 Å². The zero-order chi connectivity index (χ0) is 15.2. The third kappa shape index (κ3) is 4.69. The first-order chi connectivity index (χ1) is 10.1. The molecule has 1 fully saturated rings. The molecule has 0 aliphatic carbocycles. The second-order valence-electron chi connectivity index (χ2n) is 5.01. The molecule has 1 saturated heterocycles. The highest BCUT2D eigenvalue weighted by atomic mass is 35.5. The van der Waals surface area contributed by atoms with E-state index in [2.05, 4.69) is 10.6 Å². The quantitative estimate of drug-likeness (QED) is 0.867. The second kappa shape index (κ2) is 8.73. The van der Waals surface area contributed by atoms with Crippen LogP contribution in [-0.2, 0) is 9.53 Å². The number of halogens is 1. The zero-order valence-electron chi connectivity index (χ0n) is 12.8. The van der Waals surface area contributed by atoms with Gasteiger partial charge in [0.25, 0.3) is 5.91 Å². The van der Waals surface area contributed by atoms with E-state index in [0.29, 0.717) is 37.6 Å². The fraction of sp³-hybridized carbons (Fsp3) is 0.467. The number of morpholine rings is 1. The summed E-state index contributed by atoms with van der Waals surface area (Å²) in [5.41, 5.74) is 2.19. The molecule has 1 aliphatic heterocycles. The number of likely N-dealkylation sites (N-methyl/N-ethyl adjacent to an activating group) is 1. The molecule has 1 aromatic carbocycles. The number of carbonyl (C=O) groups is 2. The van der Waals surface area contributed by atoms with Crippen LogP contribution in [0.1, 0.15) is 15.9 Å². The predicted octanol–water partition coefficient (Wildman–Crippen LogP) is 1.05. The molecular weight excluding hydrogens is 306 g/mol. The lowest BCUT2D eigenvalue weighted by atomic mass is 10.1. The maximum absolute atomic E-state index is 12.4. The van der Waals surface area contributed by atoms with Gasteiger partial charge < -0.3 is 20.3 Å². The van der Waals surface area contributed by atoms with E-state index in [1.54, 1.807) is 24.1 Å². The van der Waals surface area contributed by atoms with E-state index in [4.69, 9.17) is 4.74 Å². The maximum atomic E-state index is 12.4. The first-order valence-corrected chi connectivity index (χ1v) is 7.04. The first kappa shape index (κ1) is 18.4. The lowest BCUT2D eigenvalue weighted by molar-refractivity contribution is -0.115. The molecule has 0 aromatic heterocycles. The third-order valence-corrected chi connectivity index (χ3v) is 3.39. The van der Waals surface area contributed by atoms with E-state index < -0.39 is 0 Å². The SMILES string of the molecule is CNCC(=O)Nc1cc(C(=O)N2CCOCC2)ccc1C.Cl. The molecule has 0 radical (unpaired) electrons. The monoisotopic (exact) mass is 327 g/mol. The Morgan fingerprint density at radius 1 is 1.27 bits per heavy atom. The van der Waals surface area contributed by atoms with Gasteiger partial charge in [-0.05, 0) is 31.7 Å². The van der Waals surface area contributed by atoms with Crippen LogP contribution in [-0.4, -0.2) is 56.6 Å². The molecule has 2 rings (SSSR count). The molecule has 0 atom stereocenters. The summed E-state index contributed by atoms with van der Waals surface area (Å²) in [6, 6.07) is 5.38. The van der Waals surface area contributed by atoms with Gasteiger partial charge in [0.05, 0.1) is 19.8 Å². The molecule has 0 unspecified atom stereocenters. The van der Waals surface area contributed by atoms with Crippen molar-refractivity contribution in [2.75, 3.05) is 45.2 Å². The summed E-state index contributed by atoms with van der Waals surface area (Å²) in [7, 11) is 1.71. The topological polar surface area (TPSA) is 70.7 Å². The lowest BCUT2D eigenvalue weighted by Gasteiger charge is -2.27. The van der Waals surface area contributed by atoms with Crippen molar-refractivity contribution in [3.8, 4) is 0 Å². The van der Waals surface area contributed by atoms with Crippen LogP contribution in [0.15, 0.2) is 18.2 Å². The molecule has 6 nitrogen and oxygen atoms in total. The average Bonchev–Trinajstić information content (AvgIpc) is 2.50. The number of hydrogen-bond donors (Lipinski definition) is 2. The van der Waals surface area contributed by atoms with E-state index in [1.807, 2.05) is 13.0 Å². The highest BCUT2D eigenvalue weighted by Crippen LogP contribution is 2.18. The number of aryl methyl sites for hydroxylation is 1. The molecule has 0 spiro atoms. The molecular formula is C15H22ClN3O3. The normalized spacial score (nSPS) is 14.2. The summed E-state index contributed by atoms with van der Waals surface area (Å²) in [6.07, 6.45) is 0. The molecule has 22 heavy (non-hydrogen) atoms. The number of rotatable bonds is 4. The van der Waals surface area contributed by atoms with Crippen molar-refractivity contribution in [2.45, 2.75) is 6.92 Å². The Bertz CT molecular complexity index is 531. The van der Waals surface area contributed by atoms with Crippen LogP contribution >= 0.6 is 12.4 Å². The third-order valence-electron chi connectivity index (χ3n) is 3.39. The van der Waals surface area contributed by atoms with Crippen LogP contribution in [0.3, 0.4) is 0 Å². The van der Waals surface area contributed by atoms with Gasteiger partial charge in [-0.2, -0.15) is 0 Å². The maximum Gasteiger partial charge on any atom is 0.254 e. The Hall–Kier alpha value is -1.63. The fourth-order valence-electron chi connectivity index (χ4n) is 2.19. The smallest absolute Gasteiger partial charge is 0.254 e. The predicted molar refractivity (Wildman–Crippen MR) is 87.7 cm³/mol. The summed E-state index contributed by atoms with van der Waals surface area (Å²) in [5, 5.41) is 5.61. The number of anilines is 1. The van der Waals surface area contributed by atoms with Gasteiger partial charge in [-0.25, -0.2) is 0 Å². The molecule has 2 N–H and O–H groups in total. The van der Waals surface area contributed by atoms with Crippen LogP contribution in [0.2, 0.25) is 0 Å². The van der Waals surface area contributed by atoms with E-state index in [9.17, 15) is 9.59 Å². The molecule has 1 aliphatic rings. The Balaban J connectivity index is 0.00000242. The highest BCUT2D eigenvalue weighted by Gasteiger charge is 2.19. The van der Waals surface area contributed by atoms with Crippen molar-refractivity contribution in [3.63, 3.8) is 0 Å². The van der Waals surface area contributed by atoms with Gasteiger partial charge in [0.15, 0.2) is 0 Å². The van der Waals surface area contributed by atoms with Gasteiger partial charge in [0.2, 0.25) is 5.91 Å². The Kier molecular flexibility index (Phi) is 7.31. The molecule has 7 heteroatoms. The van der Waals surface area contributed by atoms with Gasteiger partial charge in [0, 0.05) is 24.3 Å². The van der Waals surface area contributed by atoms with Crippen molar-refractivity contribution in [2.24, 2.45) is 0 Å². The summed E-state index contributed by atoms with van der Waals surface area (Å²) in [4.78, 5) is 25.9. The largest absolute Gasteiger partial charge is 0.378 e. The standard InChI is InChI=1S/C15H21N3O3.ClH/c1-11-3-4-12(9-13(11)17-14(19)10-16-2)15(20)18-5-7-21-8-6-18;/h3-4,9,16H,5-8,10H2,1-2H3,(H,17,19);1H. The summed E-state index contributed by atoms with van der Waals surface area (Å²) < 4.78 is 5.25. The van der Waals surface area contributed by atoms with Crippen molar-refractivity contribution in [1.29, 1.82) is 0 Å². The van der Waals surface area contributed by atoms with Crippen LogP contribution in [0.25, 0.3) is 0 Å². The van der Waals surface area contributed by atoms with Gasteiger partial charge in [-0.1, -0.05) is 6.07 Å². The van der Waals surface area contributed by atoms with Crippen molar-refractivity contribution in [1.82, 2.24) is 10.2 Å². The van der Waals surface area contributed by atoms with E-state index in [0.717, 1.165) is 5.56 Å². The van der Waals surface area contributed by atoms with Crippen LogP contribution < -0.4 is 10.6 Å². The molecule has 1 aromatic rings. The number of nitrogens with zero attached hydrogens (tertiary/aromatic N) is 1. The number of amides is 2. The minimum atomic E-state index is -0.128. The van der Waals surface area contributed by atoms with Crippen molar-refractivity contribution >= 4 is 29.9 Å². The minimum Gasteiger partial charge on any atom is -0.378 e. The van der Waals surface area contributed by atoms with Crippen LogP contribution in [0.4, 0.5) is 5.69 Å². The Labute approximate surface area is 136 Å². The second-order valence-corrected chi connectivity index (χ2v) is 5.01. The molecule has 0 saturated carbocycles. The van der Waals surface area contributed by atoms with Gasteiger partial charge in [0.1, 0.15) is 0 Å². The number of benzene rings is 1. The number of hydrogen-bond acceptors (Lipinski definition) is 4. The van der Waals surface area contributed by atoms with Crippen LogP contribution in [0.5, 0.6) is 0 Å². The zero-order valence-corrected chi connectivity index (χ0v) is 13.7. The van der Waals surface area contributed by atoms with Gasteiger partial charge in [-0.3, -0.25) is 9.59 Å². The summed E-state index contributed by atoms with van der Waals surface area (Å²) >= 11 is 0. The lowest BCUT2D eigenvalue weighted by Crippen LogP contribution is -2.40. The van der Waals surface area contributed by atoms with Crippen molar-refractivity contribution < 1.29 is 14.3 Å². The molecule has 1 heterocycles. The number of carbonyl (C=O) groups excluding carboxylic acids is 2.